The Morgan fingerprint density at radius 3 is 1.16 bits per heavy atom. The Morgan fingerprint density at radius 2 is 0.906 bits per heavy atom. The average Bonchev–Trinajstić information content (AvgIpc) is 2.75. The van der Waals surface area contributed by atoms with Crippen LogP contribution in [0, 0.1) is 20.2 Å². The smallest absolute Gasteiger partial charge is 0.258 e. The van der Waals surface area contributed by atoms with E-state index in [0.717, 1.165) is 48.5 Å². The Kier molecular flexibility index (Phi) is 6.88. The first-order valence-corrected chi connectivity index (χ1v) is 12.5. The molecule has 0 amide bonds. The molecule has 0 spiro atoms. The van der Waals surface area contributed by atoms with Crippen molar-refractivity contribution < 1.29 is 26.7 Å². The summed E-state index contributed by atoms with van der Waals surface area (Å²) < 4.78 is 55.2. The summed E-state index contributed by atoms with van der Waals surface area (Å²) in [4.78, 5) is 20.0. The molecular weight excluding hydrogens is 464 g/mol. The van der Waals surface area contributed by atoms with E-state index in [2.05, 4.69) is 9.44 Å². The van der Waals surface area contributed by atoms with E-state index in [1.165, 1.54) is 0 Å². The highest BCUT2D eigenvalue weighted by Gasteiger charge is 2.29. The van der Waals surface area contributed by atoms with Gasteiger partial charge in [-0.3, -0.25) is 20.2 Å². The predicted molar refractivity (Wildman–Crippen MR) is 113 cm³/mol. The van der Waals surface area contributed by atoms with Crippen LogP contribution in [0.3, 0.4) is 0 Å². The molecule has 0 atom stereocenters. The third-order valence-corrected chi connectivity index (χ3v) is 8.16. The molecule has 2 N–H and O–H groups in total. The van der Waals surface area contributed by atoms with Crippen LogP contribution in [0.4, 0.5) is 11.4 Å². The number of non-ortho nitro benzene ring substituents is 2. The lowest BCUT2D eigenvalue weighted by atomic mass is 9.92. The molecular formula is C18H20N4O8S2. The van der Waals surface area contributed by atoms with Crippen molar-refractivity contribution in [3.8, 4) is 0 Å². The van der Waals surface area contributed by atoms with Gasteiger partial charge in [-0.15, -0.1) is 0 Å². The lowest BCUT2D eigenvalue weighted by Crippen LogP contribution is -2.43. The number of hydrogen-bond donors (Lipinski definition) is 2. The second-order valence-electron chi connectivity index (χ2n) is 7.29. The lowest BCUT2D eigenvalue weighted by Gasteiger charge is -2.29. The SMILES string of the molecule is O=[N+]([O-])c1ccc(S(=O)(=O)NC2CCC(NS(=O)(=O)c3ccc([N+](=O)[O-])cc3)CC2)cc1. The lowest BCUT2D eigenvalue weighted by molar-refractivity contribution is -0.385. The topological polar surface area (TPSA) is 179 Å². The first kappa shape index (κ1) is 23.7. The van der Waals surface area contributed by atoms with E-state index in [9.17, 15) is 37.1 Å². The number of nitro groups is 2. The molecule has 32 heavy (non-hydrogen) atoms. The zero-order valence-electron chi connectivity index (χ0n) is 16.6. The number of nitrogens with one attached hydrogen (secondary N) is 2. The summed E-state index contributed by atoms with van der Waals surface area (Å²) >= 11 is 0. The quantitative estimate of drug-likeness (QED) is 0.422. The summed E-state index contributed by atoms with van der Waals surface area (Å²) in [6, 6.07) is 8.25. The summed E-state index contributed by atoms with van der Waals surface area (Å²) in [7, 11) is -7.75. The van der Waals surface area contributed by atoms with Gasteiger partial charge in [-0.2, -0.15) is 0 Å². The normalized spacial score (nSPS) is 19.4. The minimum Gasteiger partial charge on any atom is -0.258 e. The highest BCUT2D eigenvalue weighted by molar-refractivity contribution is 7.89. The van der Waals surface area contributed by atoms with Gasteiger partial charge in [-0.05, 0) is 49.9 Å². The molecule has 3 rings (SSSR count). The van der Waals surface area contributed by atoms with Crippen molar-refractivity contribution in [2.75, 3.05) is 0 Å². The molecule has 1 saturated carbocycles. The van der Waals surface area contributed by atoms with Crippen molar-refractivity contribution in [1.82, 2.24) is 9.44 Å². The second-order valence-corrected chi connectivity index (χ2v) is 10.7. The van der Waals surface area contributed by atoms with Gasteiger partial charge in [0, 0.05) is 36.3 Å². The Hall–Kier alpha value is -2.94. The largest absolute Gasteiger partial charge is 0.269 e. The van der Waals surface area contributed by atoms with Gasteiger partial charge in [-0.1, -0.05) is 0 Å². The molecule has 0 bridgehead atoms. The molecule has 0 saturated heterocycles. The third-order valence-electron chi connectivity index (χ3n) is 5.09. The Bertz CT molecular complexity index is 1110. The van der Waals surface area contributed by atoms with Gasteiger partial charge in [0.1, 0.15) is 0 Å². The van der Waals surface area contributed by atoms with Gasteiger partial charge >= 0.3 is 0 Å². The molecule has 14 heteroatoms. The van der Waals surface area contributed by atoms with Gasteiger partial charge in [0.25, 0.3) is 11.4 Å². The molecule has 1 fully saturated rings. The van der Waals surface area contributed by atoms with Crippen LogP contribution in [0.2, 0.25) is 0 Å². The predicted octanol–water partition coefficient (Wildman–Crippen LogP) is 2.07. The number of nitro benzene ring substituents is 2. The van der Waals surface area contributed by atoms with Crippen LogP contribution in [0.5, 0.6) is 0 Å². The molecule has 1 aliphatic rings. The van der Waals surface area contributed by atoms with Crippen molar-refractivity contribution in [3.05, 3.63) is 68.8 Å². The summed E-state index contributed by atoms with van der Waals surface area (Å²) in [6.45, 7) is 0. The summed E-state index contributed by atoms with van der Waals surface area (Å²) in [5, 5.41) is 21.4. The molecule has 0 radical (unpaired) electrons. The van der Waals surface area contributed by atoms with Gasteiger partial charge in [0.05, 0.1) is 19.6 Å². The Morgan fingerprint density at radius 1 is 0.625 bits per heavy atom. The minimum atomic E-state index is -3.88. The molecule has 0 aromatic heterocycles. The van der Waals surface area contributed by atoms with Crippen LogP contribution < -0.4 is 9.44 Å². The van der Waals surface area contributed by atoms with E-state index >= 15 is 0 Å². The van der Waals surface area contributed by atoms with Crippen molar-refractivity contribution in [2.45, 2.75) is 47.6 Å². The van der Waals surface area contributed by atoms with Gasteiger partial charge < -0.3 is 0 Å². The van der Waals surface area contributed by atoms with Crippen molar-refractivity contribution >= 4 is 31.4 Å². The van der Waals surface area contributed by atoms with Crippen LogP contribution >= 0.6 is 0 Å². The second kappa shape index (κ2) is 9.28. The Labute approximate surface area is 184 Å². The molecule has 0 aliphatic heterocycles. The molecule has 2 aromatic rings. The highest BCUT2D eigenvalue weighted by atomic mass is 32.2. The molecule has 2 aromatic carbocycles. The zero-order chi connectivity index (χ0) is 23.5. The van der Waals surface area contributed by atoms with Crippen molar-refractivity contribution in [1.29, 1.82) is 0 Å². The highest BCUT2D eigenvalue weighted by Crippen LogP contribution is 2.24. The number of hydrogen-bond acceptors (Lipinski definition) is 8. The maximum Gasteiger partial charge on any atom is 0.269 e. The van der Waals surface area contributed by atoms with Crippen LogP contribution in [0.1, 0.15) is 25.7 Å². The van der Waals surface area contributed by atoms with E-state index in [1.54, 1.807) is 0 Å². The Balaban J connectivity index is 1.57. The average molecular weight is 485 g/mol. The first-order valence-electron chi connectivity index (χ1n) is 9.51. The fourth-order valence-corrected chi connectivity index (χ4v) is 6.01. The maximum absolute atomic E-state index is 12.5. The molecule has 172 valence electrons. The fourth-order valence-electron chi connectivity index (χ4n) is 3.40. The summed E-state index contributed by atoms with van der Waals surface area (Å²) in [5.41, 5.74) is -0.436. The standard InChI is InChI=1S/C18H20N4O8S2/c23-21(24)15-5-9-17(10-6-15)31(27,28)19-13-1-2-14(4-3-13)20-32(29,30)18-11-7-16(8-12-18)22(25)26/h5-14,19-20H,1-4H2. The van der Waals surface area contributed by atoms with Gasteiger partial charge in [-0.25, -0.2) is 26.3 Å². The maximum atomic E-state index is 12.5. The number of benzene rings is 2. The van der Waals surface area contributed by atoms with E-state index in [-0.39, 0.29) is 21.2 Å². The van der Waals surface area contributed by atoms with Gasteiger partial charge in [0.2, 0.25) is 20.0 Å². The number of nitrogens with zero attached hydrogens (tertiary/aromatic N) is 2. The third kappa shape index (κ3) is 5.64. The van der Waals surface area contributed by atoms with Crippen LogP contribution in [0.25, 0.3) is 0 Å². The zero-order valence-corrected chi connectivity index (χ0v) is 18.2. The fraction of sp³-hybridized carbons (Fsp3) is 0.333. The van der Waals surface area contributed by atoms with E-state index < -0.39 is 42.0 Å². The summed E-state index contributed by atoms with van der Waals surface area (Å²) in [5.74, 6) is 0. The van der Waals surface area contributed by atoms with Crippen molar-refractivity contribution in [2.24, 2.45) is 0 Å². The van der Waals surface area contributed by atoms with Crippen LogP contribution in [-0.2, 0) is 20.0 Å². The van der Waals surface area contributed by atoms with E-state index in [1.807, 2.05) is 0 Å². The van der Waals surface area contributed by atoms with Gasteiger partial charge in [0.15, 0.2) is 0 Å². The van der Waals surface area contributed by atoms with E-state index in [4.69, 9.17) is 0 Å². The number of sulfonamides is 2. The molecule has 12 nitrogen and oxygen atoms in total. The van der Waals surface area contributed by atoms with Crippen LogP contribution in [-0.4, -0.2) is 38.8 Å². The minimum absolute atomic E-state index is 0.0934. The first-order chi connectivity index (χ1) is 15.0. The summed E-state index contributed by atoms with van der Waals surface area (Å²) in [6.07, 6.45) is 1.55. The molecule has 0 unspecified atom stereocenters. The number of rotatable bonds is 8. The van der Waals surface area contributed by atoms with Crippen LogP contribution in [0.15, 0.2) is 58.3 Å². The molecule has 0 heterocycles. The van der Waals surface area contributed by atoms with Crippen molar-refractivity contribution in [3.63, 3.8) is 0 Å². The monoisotopic (exact) mass is 484 g/mol. The van der Waals surface area contributed by atoms with E-state index in [0.29, 0.717) is 25.7 Å². The molecule has 1 aliphatic carbocycles.